The number of likely N-dealkylation sites (tertiary alicyclic amines) is 2. The molecule has 3 nitrogen and oxygen atoms in total. The lowest BCUT2D eigenvalue weighted by Crippen LogP contribution is -2.54. The number of nitrogens with zero attached hydrogens (tertiary/aromatic N) is 2. The molecule has 2 fully saturated rings. The van der Waals surface area contributed by atoms with Gasteiger partial charge in [0.1, 0.15) is 0 Å². The molecule has 0 saturated carbocycles. The van der Waals surface area contributed by atoms with Crippen molar-refractivity contribution in [1.82, 2.24) is 9.80 Å². The van der Waals surface area contributed by atoms with Crippen molar-refractivity contribution >= 4 is 5.91 Å². The van der Waals surface area contributed by atoms with E-state index >= 15 is 0 Å². The first kappa shape index (κ1) is 12.7. The Labute approximate surface area is 115 Å². The predicted molar refractivity (Wildman–Crippen MR) is 76.1 cm³/mol. The maximum Gasteiger partial charge on any atom is 0.254 e. The molecule has 3 rings (SSSR count). The van der Waals surface area contributed by atoms with Crippen molar-refractivity contribution in [3.05, 3.63) is 35.9 Å². The Morgan fingerprint density at radius 2 is 1.79 bits per heavy atom. The smallest absolute Gasteiger partial charge is 0.254 e. The van der Waals surface area contributed by atoms with Crippen LogP contribution in [0.2, 0.25) is 0 Å². The van der Waals surface area contributed by atoms with Crippen molar-refractivity contribution in [3.63, 3.8) is 0 Å². The summed E-state index contributed by atoms with van der Waals surface area (Å²) in [5.41, 5.74) is 1.03. The first-order valence-corrected chi connectivity index (χ1v) is 7.09. The largest absolute Gasteiger partial charge is 0.333 e. The summed E-state index contributed by atoms with van der Waals surface area (Å²) in [4.78, 5) is 17.1. The van der Waals surface area contributed by atoms with Gasteiger partial charge >= 0.3 is 0 Å². The summed E-state index contributed by atoms with van der Waals surface area (Å²) < 4.78 is 0. The summed E-state index contributed by atoms with van der Waals surface area (Å²) in [5.74, 6) is 0.196. The van der Waals surface area contributed by atoms with E-state index in [4.69, 9.17) is 0 Å². The molecule has 2 heterocycles. The van der Waals surface area contributed by atoms with Gasteiger partial charge in [-0.25, -0.2) is 0 Å². The first-order valence-electron chi connectivity index (χ1n) is 7.09. The van der Waals surface area contributed by atoms with Crippen molar-refractivity contribution in [3.8, 4) is 0 Å². The Morgan fingerprint density at radius 1 is 1.11 bits per heavy atom. The first-order chi connectivity index (χ1) is 8.97. The SMILES string of the molecule is CC(C)(C)N1C[C@@H]2C[C@H]1CN2C(=O)c1ccccc1. The Kier molecular flexibility index (Phi) is 2.90. The van der Waals surface area contributed by atoms with Crippen LogP contribution in [0.15, 0.2) is 30.3 Å². The van der Waals surface area contributed by atoms with Crippen molar-refractivity contribution in [2.75, 3.05) is 13.1 Å². The van der Waals surface area contributed by atoms with Gasteiger partial charge in [0.2, 0.25) is 0 Å². The maximum atomic E-state index is 12.5. The number of carbonyl (C=O) groups excluding carboxylic acids is 1. The third kappa shape index (κ3) is 2.16. The number of benzene rings is 1. The molecule has 2 aliphatic heterocycles. The van der Waals surface area contributed by atoms with Gasteiger partial charge in [-0.3, -0.25) is 9.69 Å². The topological polar surface area (TPSA) is 23.6 Å². The lowest BCUT2D eigenvalue weighted by Gasteiger charge is -2.42. The van der Waals surface area contributed by atoms with Crippen molar-refractivity contribution in [2.24, 2.45) is 0 Å². The highest BCUT2D eigenvalue weighted by atomic mass is 16.2. The van der Waals surface area contributed by atoms with E-state index in [1.807, 2.05) is 30.3 Å². The molecule has 0 unspecified atom stereocenters. The molecule has 2 bridgehead atoms. The van der Waals surface area contributed by atoms with Gasteiger partial charge in [-0.05, 0) is 39.3 Å². The summed E-state index contributed by atoms with van der Waals surface area (Å²) in [6.07, 6.45) is 1.13. The second kappa shape index (κ2) is 4.34. The van der Waals surface area contributed by atoms with Crippen LogP contribution in [0, 0.1) is 0 Å². The van der Waals surface area contributed by atoms with E-state index in [0.29, 0.717) is 12.1 Å². The Bertz CT molecular complexity index is 477. The van der Waals surface area contributed by atoms with Crippen molar-refractivity contribution in [2.45, 2.75) is 44.8 Å². The third-order valence-electron chi connectivity index (χ3n) is 4.38. The van der Waals surface area contributed by atoms with Crippen molar-refractivity contribution < 1.29 is 4.79 Å². The molecular formula is C16H22N2O. The summed E-state index contributed by atoms with van der Waals surface area (Å²) in [6.45, 7) is 8.69. The Morgan fingerprint density at radius 3 is 2.32 bits per heavy atom. The lowest BCUT2D eigenvalue weighted by atomic mass is 10.0. The fraction of sp³-hybridized carbons (Fsp3) is 0.562. The van der Waals surface area contributed by atoms with E-state index < -0.39 is 0 Å². The summed E-state index contributed by atoms with van der Waals surface area (Å²) in [5, 5.41) is 0. The van der Waals surface area contributed by atoms with Crippen LogP contribution >= 0.6 is 0 Å². The van der Waals surface area contributed by atoms with Crippen LogP contribution in [0.5, 0.6) is 0 Å². The molecule has 0 aliphatic carbocycles. The van der Waals surface area contributed by atoms with Crippen LogP contribution in [-0.2, 0) is 0 Å². The second-order valence-electron chi connectivity index (χ2n) is 6.69. The van der Waals surface area contributed by atoms with E-state index in [1.165, 1.54) is 0 Å². The second-order valence-corrected chi connectivity index (χ2v) is 6.69. The average Bonchev–Trinajstić information content (AvgIpc) is 2.98. The van der Waals surface area contributed by atoms with Crippen molar-refractivity contribution in [1.29, 1.82) is 0 Å². The highest BCUT2D eigenvalue weighted by Crippen LogP contribution is 2.36. The van der Waals surface area contributed by atoms with Crippen LogP contribution in [0.4, 0.5) is 0 Å². The van der Waals surface area contributed by atoms with Crippen LogP contribution < -0.4 is 0 Å². The minimum Gasteiger partial charge on any atom is -0.333 e. The van der Waals surface area contributed by atoms with Gasteiger partial charge in [-0.2, -0.15) is 0 Å². The lowest BCUT2D eigenvalue weighted by molar-refractivity contribution is 0.0430. The van der Waals surface area contributed by atoms with Gasteiger partial charge in [0.15, 0.2) is 0 Å². The monoisotopic (exact) mass is 258 g/mol. The number of hydrogen-bond acceptors (Lipinski definition) is 2. The zero-order valence-corrected chi connectivity index (χ0v) is 12.0. The van der Waals surface area contributed by atoms with Crippen LogP contribution in [-0.4, -0.2) is 46.4 Å². The molecule has 2 atom stereocenters. The van der Waals surface area contributed by atoms with Gasteiger partial charge in [-0.1, -0.05) is 18.2 Å². The van der Waals surface area contributed by atoms with Crippen LogP contribution in [0.3, 0.4) is 0 Å². The predicted octanol–water partition coefficient (Wildman–Crippen LogP) is 2.38. The molecule has 0 spiro atoms. The fourth-order valence-corrected chi connectivity index (χ4v) is 3.48. The number of piperazine rings is 1. The Balaban J connectivity index is 1.74. The number of fused-ring (bicyclic) bond motifs is 2. The van der Waals surface area contributed by atoms with E-state index in [9.17, 15) is 4.79 Å². The van der Waals surface area contributed by atoms with Gasteiger partial charge in [0, 0.05) is 36.3 Å². The molecule has 0 radical (unpaired) electrons. The third-order valence-corrected chi connectivity index (χ3v) is 4.38. The van der Waals surface area contributed by atoms with Gasteiger partial charge in [0.25, 0.3) is 5.91 Å². The molecular weight excluding hydrogens is 236 g/mol. The minimum atomic E-state index is 0.196. The highest BCUT2D eigenvalue weighted by Gasteiger charge is 2.48. The minimum absolute atomic E-state index is 0.196. The summed E-state index contributed by atoms with van der Waals surface area (Å²) in [7, 11) is 0. The quantitative estimate of drug-likeness (QED) is 0.772. The van der Waals surface area contributed by atoms with E-state index in [-0.39, 0.29) is 11.4 Å². The number of amides is 1. The standard InChI is InChI=1S/C16H22N2O/c1-16(2,3)18-11-13-9-14(18)10-17(13)15(19)12-7-5-4-6-8-12/h4-8,13-14H,9-11H2,1-3H3/t13-,14-/m0/s1. The molecule has 19 heavy (non-hydrogen) atoms. The highest BCUT2D eigenvalue weighted by molar-refractivity contribution is 5.94. The normalized spacial score (nSPS) is 27.0. The zero-order chi connectivity index (χ0) is 13.6. The number of hydrogen-bond donors (Lipinski definition) is 0. The van der Waals surface area contributed by atoms with Gasteiger partial charge in [-0.15, -0.1) is 0 Å². The fourth-order valence-electron chi connectivity index (χ4n) is 3.48. The Hall–Kier alpha value is -1.35. The zero-order valence-electron chi connectivity index (χ0n) is 12.0. The van der Waals surface area contributed by atoms with Gasteiger partial charge < -0.3 is 4.90 Å². The molecule has 0 N–H and O–H groups in total. The van der Waals surface area contributed by atoms with E-state index in [0.717, 1.165) is 25.1 Å². The van der Waals surface area contributed by atoms with Crippen LogP contribution in [0.1, 0.15) is 37.6 Å². The van der Waals surface area contributed by atoms with Crippen LogP contribution in [0.25, 0.3) is 0 Å². The maximum absolute atomic E-state index is 12.5. The molecule has 2 aliphatic rings. The molecule has 0 aromatic heterocycles. The molecule has 102 valence electrons. The number of carbonyl (C=O) groups is 1. The molecule has 3 heteroatoms. The van der Waals surface area contributed by atoms with E-state index in [2.05, 4.69) is 30.6 Å². The molecule has 1 amide bonds. The molecule has 2 saturated heterocycles. The van der Waals surface area contributed by atoms with E-state index in [1.54, 1.807) is 0 Å². The molecule has 1 aromatic rings. The average molecular weight is 258 g/mol. The summed E-state index contributed by atoms with van der Waals surface area (Å²) >= 11 is 0. The molecule has 1 aromatic carbocycles. The summed E-state index contributed by atoms with van der Waals surface area (Å²) in [6, 6.07) is 10.6. The van der Waals surface area contributed by atoms with Gasteiger partial charge in [0.05, 0.1) is 0 Å². The number of rotatable bonds is 1.